The smallest absolute Gasteiger partial charge is 0.139 e. The van der Waals surface area contributed by atoms with Gasteiger partial charge < -0.3 is 10.6 Å². The number of aromatic nitrogens is 1. The van der Waals surface area contributed by atoms with Crippen molar-refractivity contribution >= 4 is 33.9 Å². The van der Waals surface area contributed by atoms with E-state index in [2.05, 4.69) is 25.7 Å². The summed E-state index contributed by atoms with van der Waals surface area (Å²) in [5, 5.41) is 1.06. The molecule has 0 amide bonds. The van der Waals surface area contributed by atoms with Gasteiger partial charge in [-0.2, -0.15) is 0 Å². The summed E-state index contributed by atoms with van der Waals surface area (Å²) in [6.45, 7) is 6.54. The number of nitrogens with two attached hydrogens (primary N) is 1. The van der Waals surface area contributed by atoms with Gasteiger partial charge in [-0.25, -0.2) is 4.98 Å². The lowest BCUT2D eigenvalue weighted by Crippen LogP contribution is -2.42. The lowest BCUT2D eigenvalue weighted by molar-refractivity contribution is 0.467. The molecule has 0 fully saturated rings. The predicted octanol–water partition coefficient (Wildman–Crippen LogP) is 3.49. The molecule has 4 heteroatoms. The second-order valence-corrected chi connectivity index (χ2v) is 6.08. The molecule has 0 saturated heterocycles. The van der Waals surface area contributed by atoms with E-state index in [0.717, 1.165) is 28.7 Å². The standard InChI is InChI=1S/C16H21N3S/c1-5-16(2,3)19(4)15-12(14(17)20)10-11-8-6-7-9-13(11)18-15/h6-10H,5H2,1-4H3,(H2,17,20). The van der Waals surface area contributed by atoms with E-state index >= 15 is 0 Å². The first-order valence-corrected chi connectivity index (χ1v) is 7.21. The third-order valence-corrected chi connectivity index (χ3v) is 4.28. The molecule has 3 nitrogen and oxygen atoms in total. The fourth-order valence-electron chi connectivity index (χ4n) is 2.07. The molecule has 2 aromatic rings. The summed E-state index contributed by atoms with van der Waals surface area (Å²) < 4.78 is 0. The van der Waals surface area contributed by atoms with Crippen LogP contribution in [-0.2, 0) is 0 Å². The Kier molecular flexibility index (Phi) is 3.95. The van der Waals surface area contributed by atoms with Gasteiger partial charge >= 0.3 is 0 Å². The number of hydrogen-bond acceptors (Lipinski definition) is 3. The van der Waals surface area contributed by atoms with Gasteiger partial charge in [-0.3, -0.25) is 0 Å². The number of nitrogens with zero attached hydrogens (tertiary/aromatic N) is 2. The lowest BCUT2D eigenvalue weighted by atomic mass is 9.99. The fourth-order valence-corrected chi connectivity index (χ4v) is 2.22. The number of thiocarbonyl (C=S) groups is 1. The van der Waals surface area contributed by atoms with Gasteiger partial charge in [0.2, 0.25) is 0 Å². The van der Waals surface area contributed by atoms with Gasteiger partial charge in [0.15, 0.2) is 0 Å². The quantitative estimate of drug-likeness (QED) is 0.874. The molecule has 1 aromatic heterocycles. The highest BCUT2D eigenvalue weighted by atomic mass is 32.1. The highest BCUT2D eigenvalue weighted by Gasteiger charge is 2.25. The van der Waals surface area contributed by atoms with Crippen LogP contribution < -0.4 is 10.6 Å². The van der Waals surface area contributed by atoms with Crippen molar-refractivity contribution in [1.82, 2.24) is 4.98 Å². The van der Waals surface area contributed by atoms with Crippen LogP contribution >= 0.6 is 12.2 Å². The highest BCUT2D eigenvalue weighted by molar-refractivity contribution is 7.80. The van der Waals surface area contributed by atoms with E-state index in [1.54, 1.807) is 0 Å². The summed E-state index contributed by atoms with van der Waals surface area (Å²) in [6, 6.07) is 10.0. The number of fused-ring (bicyclic) bond motifs is 1. The Hall–Kier alpha value is -1.68. The van der Waals surface area contributed by atoms with Crippen molar-refractivity contribution in [3.8, 4) is 0 Å². The van der Waals surface area contributed by atoms with E-state index in [9.17, 15) is 0 Å². The van der Waals surface area contributed by atoms with Crippen LogP contribution in [0.3, 0.4) is 0 Å². The molecule has 0 unspecified atom stereocenters. The molecule has 0 bridgehead atoms. The summed E-state index contributed by atoms with van der Waals surface area (Å²) >= 11 is 5.20. The third-order valence-electron chi connectivity index (χ3n) is 4.06. The summed E-state index contributed by atoms with van der Waals surface area (Å²) in [5.41, 5.74) is 7.68. The van der Waals surface area contributed by atoms with Crippen molar-refractivity contribution in [1.29, 1.82) is 0 Å². The Morgan fingerprint density at radius 3 is 2.60 bits per heavy atom. The Labute approximate surface area is 125 Å². The van der Waals surface area contributed by atoms with Crippen LogP contribution in [0.5, 0.6) is 0 Å². The monoisotopic (exact) mass is 287 g/mol. The molecule has 1 heterocycles. The van der Waals surface area contributed by atoms with E-state index in [1.165, 1.54) is 0 Å². The van der Waals surface area contributed by atoms with Crippen LogP contribution in [-0.4, -0.2) is 22.6 Å². The summed E-state index contributed by atoms with van der Waals surface area (Å²) in [5.74, 6) is 0.850. The maximum atomic E-state index is 5.89. The molecule has 2 rings (SSSR count). The van der Waals surface area contributed by atoms with Gasteiger partial charge in [0.25, 0.3) is 0 Å². The zero-order valence-corrected chi connectivity index (χ0v) is 13.3. The summed E-state index contributed by atoms with van der Waals surface area (Å²) in [4.78, 5) is 7.32. The minimum Gasteiger partial charge on any atom is -0.389 e. The highest BCUT2D eigenvalue weighted by Crippen LogP contribution is 2.29. The van der Waals surface area contributed by atoms with Crippen LogP contribution in [0.1, 0.15) is 32.8 Å². The summed E-state index contributed by atoms with van der Waals surface area (Å²) in [7, 11) is 2.04. The zero-order chi connectivity index (χ0) is 14.9. The summed E-state index contributed by atoms with van der Waals surface area (Å²) in [6.07, 6.45) is 1.01. The molecule has 0 aliphatic heterocycles. The van der Waals surface area contributed by atoms with Gasteiger partial charge in [0.05, 0.1) is 11.1 Å². The minimum atomic E-state index is -0.00497. The van der Waals surface area contributed by atoms with Crippen LogP contribution in [0, 0.1) is 0 Å². The molecule has 1 aromatic carbocycles. The van der Waals surface area contributed by atoms with Gasteiger partial charge in [-0.05, 0) is 32.4 Å². The molecule has 0 radical (unpaired) electrons. The largest absolute Gasteiger partial charge is 0.389 e. The fraction of sp³-hybridized carbons (Fsp3) is 0.375. The minimum absolute atomic E-state index is 0.00497. The molecule has 20 heavy (non-hydrogen) atoms. The maximum absolute atomic E-state index is 5.89. The van der Waals surface area contributed by atoms with Crippen LogP contribution in [0.2, 0.25) is 0 Å². The molecular formula is C16H21N3S. The molecule has 0 spiro atoms. The van der Waals surface area contributed by atoms with Crippen molar-refractivity contribution < 1.29 is 0 Å². The van der Waals surface area contributed by atoms with Crippen LogP contribution in [0.15, 0.2) is 30.3 Å². The van der Waals surface area contributed by atoms with Crippen LogP contribution in [0.4, 0.5) is 5.82 Å². The molecular weight excluding hydrogens is 266 g/mol. The van der Waals surface area contributed by atoms with Gasteiger partial charge in [-0.15, -0.1) is 0 Å². The predicted molar refractivity (Wildman–Crippen MR) is 90.4 cm³/mol. The van der Waals surface area contributed by atoms with E-state index in [4.69, 9.17) is 22.9 Å². The molecule has 106 valence electrons. The first-order chi connectivity index (χ1) is 9.36. The Morgan fingerprint density at radius 1 is 1.35 bits per heavy atom. The normalized spacial score (nSPS) is 11.6. The Morgan fingerprint density at radius 2 is 2.00 bits per heavy atom. The SMILES string of the molecule is CCC(C)(C)N(C)c1nc2ccccc2cc1C(N)=S. The zero-order valence-electron chi connectivity index (χ0n) is 12.5. The second-order valence-electron chi connectivity index (χ2n) is 5.64. The number of pyridine rings is 1. The average molecular weight is 287 g/mol. The van der Waals surface area contributed by atoms with Crippen molar-refractivity contribution in [2.24, 2.45) is 5.73 Å². The average Bonchev–Trinajstić information content (AvgIpc) is 2.44. The maximum Gasteiger partial charge on any atom is 0.139 e. The first-order valence-electron chi connectivity index (χ1n) is 6.80. The second kappa shape index (κ2) is 5.37. The van der Waals surface area contributed by atoms with E-state index in [1.807, 2.05) is 37.4 Å². The number of anilines is 1. The lowest BCUT2D eigenvalue weighted by Gasteiger charge is -2.37. The molecule has 0 saturated carbocycles. The van der Waals surface area contributed by atoms with Crippen molar-refractivity contribution in [2.75, 3.05) is 11.9 Å². The van der Waals surface area contributed by atoms with E-state index < -0.39 is 0 Å². The number of benzene rings is 1. The molecule has 2 N–H and O–H groups in total. The third kappa shape index (κ3) is 2.61. The van der Waals surface area contributed by atoms with Gasteiger partial charge in [0.1, 0.15) is 10.8 Å². The van der Waals surface area contributed by atoms with Crippen molar-refractivity contribution in [3.05, 3.63) is 35.9 Å². The van der Waals surface area contributed by atoms with E-state index in [0.29, 0.717) is 4.99 Å². The first kappa shape index (κ1) is 14.7. The van der Waals surface area contributed by atoms with Crippen molar-refractivity contribution in [3.63, 3.8) is 0 Å². The Balaban J connectivity index is 2.67. The van der Waals surface area contributed by atoms with Gasteiger partial charge in [-0.1, -0.05) is 37.3 Å². The Bertz CT molecular complexity index is 649. The van der Waals surface area contributed by atoms with E-state index in [-0.39, 0.29) is 5.54 Å². The van der Waals surface area contributed by atoms with Gasteiger partial charge in [0, 0.05) is 18.0 Å². The topological polar surface area (TPSA) is 42.2 Å². The number of rotatable bonds is 4. The number of hydrogen-bond donors (Lipinski definition) is 1. The van der Waals surface area contributed by atoms with Crippen molar-refractivity contribution in [2.45, 2.75) is 32.7 Å². The number of para-hydroxylation sites is 1. The molecule has 0 aliphatic rings. The van der Waals surface area contributed by atoms with Crippen LogP contribution in [0.25, 0.3) is 10.9 Å². The molecule has 0 aliphatic carbocycles. The molecule has 0 atom stereocenters.